The second-order valence-corrected chi connectivity index (χ2v) is 3.02. The molecule has 0 saturated carbocycles. The highest BCUT2D eigenvalue weighted by Crippen LogP contribution is 1.97. The van der Waals surface area contributed by atoms with Crippen LogP contribution in [-0.4, -0.2) is 22.7 Å². The summed E-state index contributed by atoms with van der Waals surface area (Å²) in [5.41, 5.74) is 1.20. The average molecular weight is 180 g/mol. The third kappa shape index (κ3) is 3.53. The Morgan fingerprint density at radius 1 is 1.46 bits per heavy atom. The van der Waals surface area contributed by atoms with Crippen molar-refractivity contribution in [2.24, 2.45) is 0 Å². The topological polar surface area (TPSA) is 45.1 Å². The van der Waals surface area contributed by atoms with Crippen LogP contribution >= 0.6 is 0 Å². The van der Waals surface area contributed by atoms with Crippen LogP contribution in [0.5, 0.6) is 0 Å². The van der Waals surface area contributed by atoms with Crippen molar-refractivity contribution in [2.45, 2.75) is 25.9 Å². The van der Waals surface area contributed by atoms with Crippen molar-refractivity contribution < 1.29 is 5.11 Å². The van der Waals surface area contributed by atoms with E-state index in [0.717, 1.165) is 13.0 Å². The van der Waals surface area contributed by atoms with Gasteiger partial charge in [-0.1, -0.05) is 6.92 Å². The van der Waals surface area contributed by atoms with Gasteiger partial charge in [0.2, 0.25) is 0 Å². The van der Waals surface area contributed by atoms with Crippen LogP contribution in [0.15, 0.2) is 24.5 Å². The second kappa shape index (κ2) is 5.67. The number of nitrogens with zero attached hydrogens (tertiary/aromatic N) is 1. The van der Waals surface area contributed by atoms with Crippen LogP contribution in [0.4, 0.5) is 0 Å². The molecule has 0 aromatic carbocycles. The van der Waals surface area contributed by atoms with Gasteiger partial charge in [-0.2, -0.15) is 0 Å². The Labute approximate surface area is 78.8 Å². The Morgan fingerprint density at radius 2 is 2.15 bits per heavy atom. The molecule has 0 amide bonds. The zero-order valence-corrected chi connectivity index (χ0v) is 7.90. The molecule has 0 unspecified atom stereocenters. The number of aliphatic hydroxyl groups excluding tert-OH is 1. The minimum atomic E-state index is 0.196. The Kier molecular flexibility index (Phi) is 4.43. The van der Waals surface area contributed by atoms with Gasteiger partial charge in [-0.05, 0) is 24.1 Å². The summed E-state index contributed by atoms with van der Waals surface area (Å²) < 4.78 is 0. The molecular weight excluding hydrogens is 164 g/mol. The fraction of sp³-hybridized carbons (Fsp3) is 0.500. The molecule has 1 atom stereocenters. The maximum Gasteiger partial charge on any atom is 0.0584 e. The summed E-state index contributed by atoms with van der Waals surface area (Å²) >= 11 is 0. The second-order valence-electron chi connectivity index (χ2n) is 3.02. The quantitative estimate of drug-likeness (QED) is 0.709. The monoisotopic (exact) mass is 180 g/mol. The predicted molar refractivity (Wildman–Crippen MR) is 52.2 cm³/mol. The summed E-state index contributed by atoms with van der Waals surface area (Å²) in [5.74, 6) is 0. The minimum absolute atomic E-state index is 0.196. The first-order chi connectivity index (χ1) is 6.36. The van der Waals surface area contributed by atoms with Crippen LogP contribution in [0.2, 0.25) is 0 Å². The average Bonchev–Trinajstić information content (AvgIpc) is 2.21. The van der Waals surface area contributed by atoms with Crippen molar-refractivity contribution in [3.63, 3.8) is 0 Å². The number of hydrogen-bond acceptors (Lipinski definition) is 3. The molecule has 2 N–H and O–H groups in total. The molecule has 1 rings (SSSR count). The summed E-state index contributed by atoms with van der Waals surface area (Å²) in [7, 11) is 0. The SMILES string of the molecule is CC[C@H](CO)NCc1ccncc1. The number of hydrogen-bond donors (Lipinski definition) is 2. The third-order valence-electron chi connectivity index (χ3n) is 2.06. The van der Waals surface area contributed by atoms with Crippen molar-refractivity contribution >= 4 is 0 Å². The molecule has 0 spiro atoms. The van der Waals surface area contributed by atoms with E-state index in [1.54, 1.807) is 12.4 Å². The van der Waals surface area contributed by atoms with Crippen LogP contribution < -0.4 is 5.32 Å². The van der Waals surface area contributed by atoms with Crippen molar-refractivity contribution in [3.8, 4) is 0 Å². The minimum Gasteiger partial charge on any atom is -0.395 e. The molecule has 0 aliphatic rings. The van der Waals surface area contributed by atoms with Gasteiger partial charge in [-0.25, -0.2) is 0 Å². The van der Waals surface area contributed by atoms with E-state index in [-0.39, 0.29) is 12.6 Å². The van der Waals surface area contributed by atoms with Gasteiger partial charge in [0.25, 0.3) is 0 Å². The van der Waals surface area contributed by atoms with Gasteiger partial charge in [0, 0.05) is 25.0 Å². The van der Waals surface area contributed by atoms with Gasteiger partial charge < -0.3 is 10.4 Å². The van der Waals surface area contributed by atoms with Gasteiger partial charge in [-0.15, -0.1) is 0 Å². The van der Waals surface area contributed by atoms with Crippen molar-refractivity contribution in [2.75, 3.05) is 6.61 Å². The fourth-order valence-corrected chi connectivity index (χ4v) is 1.10. The van der Waals surface area contributed by atoms with Crippen molar-refractivity contribution in [3.05, 3.63) is 30.1 Å². The van der Waals surface area contributed by atoms with E-state index >= 15 is 0 Å². The number of nitrogens with one attached hydrogen (secondary N) is 1. The molecular formula is C10H16N2O. The zero-order valence-electron chi connectivity index (χ0n) is 7.90. The van der Waals surface area contributed by atoms with E-state index in [9.17, 15) is 0 Å². The lowest BCUT2D eigenvalue weighted by atomic mass is 10.2. The molecule has 0 bridgehead atoms. The van der Waals surface area contributed by atoms with Gasteiger partial charge >= 0.3 is 0 Å². The number of aliphatic hydroxyl groups is 1. The molecule has 13 heavy (non-hydrogen) atoms. The maximum atomic E-state index is 8.93. The normalized spacial score (nSPS) is 12.8. The van der Waals surface area contributed by atoms with Crippen molar-refractivity contribution in [1.82, 2.24) is 10.3 Å². The lowest BCUT2D eigenvalue weighted by Gasteiger charge is -2.13. The molecule has 1 aromatic rings. The van der Waals surface area contributed by atoms with Crippen LogP contribution in [0, 0.1) is 0 Å². The molecule has 1 aromatic heterocycles. The van der Waals surface area contributed by atoms with Gasteiger partial charge in [0.05, 0.1) is 6.61 Å². The number of pyridine rings is 1. The van der Waals surface area contributed by atoms with Crippen LogP contribution in [-0.2, 0) is 6.54 Å². The van der Waals surface area contributed by atoms with E-state index in [2.05, 4.69) is 17.2 Å². The van der Waals surface area contributed by atoms with E-state index in [4.69, 9.17) is 5.11 Å². The molecule has 3 nitrogen and oxygen atoms in total. The first-order valence-corrected chi connectivity index (χ1v) is 4.60. The third-order valence-corrected chi connectivity index (χ3v) is 2.06. The summed E-state index contributed by atoms with van der Waals surface area (Å²) in [6, 6.07) is 4.14. The highest BCUT2D eigenvalue weighted by molar-refractivity contribution is 5.09. The summed E-state index contributed by atoms with van der Waals surface area (Å²) in [5, 5.41) is 12.2. The van der Waals surface area contributed by atoms with Crippen LogP contribution in [0.1, 0.15) is 18.9 Å². The van der Waals surface area contributed by atoms with E-state index in [1.807, 2.05) is 12.1 Å². The number of rotatable bonds is 5. The standard InChI is InChI=1S/C10H16N2O/c1-2-10(8-13)12-7-9-3-5-11-6-4-9/h3-6,10,12-13H,2,7-8H2,1H3/t10-/m1/s1. The van der Waals surface area contributed by atoms with Gasteiger partial charge in [0.1, 0.15) is 0 Å². The highest BCUT2D eigenvalue weighted by atomic mass is 16.3. The Morgan fingerprint density at radius 3 is 2.69 bits per heavy atom. The van der Waals surface area contributed by atoms with E-state index in [0.29, 0.717) is 0 Å². The molecule has 72 valence electrons. The van der Waals surface area contributed by atoms with Gasteiger partial charge in [0.15, 0.2) is 0 Å². The molecule has 3 heteroatoms. The Hall–Kier alpha value is -0.930. The molecule has 1 heterocycles. The predicted octanol–water partition coefficient (Wildman–Crippen LogP) is 0.942. The lowest BCUT2D eigenvalue weighted by Crippen LogP contribution is -2.31. The Bertz CT molecular complexity index is 222. The van der Waals surface area contributed by atoms with Crippen molar-refractivity contribution in [1.29, 1.82) is 0 Å². The summed E-state index contributed by atoms with van der Waals surface area (Å²) in [6.45, 7) is 3.05. The first-order valence-electron chi connectivity index (χ1n) is 4.60. The number of aromatic nitrogens is 1. The van der Waals surface area contributed by atoms with E-state index in [1.165, 1.54) is 5.56 Å². The highest BCUT2D eigenvalue weighted by Gasteiger charge is 2.02. The summed E-state index contributed by atoms with van der Waals surface area (Å²) in [4.78, 5) is 3.94. The lowest BCUT2D eigenvalue weighted by molar-refractivity contribution is 0.238. The smallest absolute Gasteiger partial charge is 0.0584 e. The largest absolute Gasteiger partial charge is 0.395 e. The van der Waals surface area contributed by atoms with Crippen LogP contribution in [0.25, 0.3) is 0 Å². The fourth-order valence-electron chi connectivity index (χ4n) is 1.10. The van der Waals surface area contributed by atoms with Crippen LogP contribution in [0.3, 0.4) is 0 Å². The summed E-state index contributed by atoms with van der Waals surface area (Å²) in [6.07, 6.45) is 4.50. The molecule has 0 fully saturated rings. The van der Waals surface area contributed by atoms with Gasteiger partial charge in [-0.3, -0.25) is 4.98 Å². The first kappa shape index (κ1) is 10.2. The molecule has 0 aliphatic heterocycles. The zero-order chi connectivity index (χ0) is 9.52. The maximum absolute atomic E-state index is 8.93. The molecule has 0 radical (unpaired) electrons. The Balaban J connectivity index is 2.34. The molecule has 0 saturated heterocycles. The van der Waals surface area contributed by atoms with E-state index < -0.39 is 0 Å². The molecule has 0 aliphatic carbocycles.